The van der Waals surface area contributed by atoms with Gasteiger partial charge < -0.3 is 25.4 Å². The summed E-state index contributed by atoms with van der Waals surface area (Å²) in [7, 11) is 1.59. The fourth-order valence-electron chi connectivity index (χ4n) is 4.10. The maximum atomic E-state index is 14.2. The van der Waals surface area contributed by atoms with Crippen molar-refractivity contribution in [2.24, 2.45) is 0 Å². The molecule has 0 aliphatic carbocycles. The van der Waals surface area contributed by atoms with E-state index in [1.165, 1.54) is 16.5 Å². The van der Waals surface area contributed by atoms with E-state index in [4.69, 9.17) is 4.74 Å². The third kappa shape index (κ3) is 8.33. The summed E-state index contributed by atoms with van der Waals surface area (Å²) in [5.74, 6) is -0.829. The second-order valence-corrected chi connectivity index (χ2v) is 9.07. The molecule has 7 nitrogen and oxygen atoms in total. The number of halogens is 1. The Morgan fingerprint density at radius 2 is 2.00 bits per heavy atom. The fraction of sp³-hybridized carbons (Fsp3) is 0.481. The molecule has 1 aliphatic heterocycles. The first-order valence-electron chi connectivity index (χ1n) is 12.3. The molecular weight excluding hydrogens is 449 g/mol. The molecule has 2 atom stereocenters. The molecule has 1 aliphatic rings. The lowest BCUT2D eigenvalue weighted by Crippen LogP contribution is -2.51. The molecule has 3 N–H and O–H groups in total. The molecule has 190 valence electrons. The molecule has 2 aromatic carbocycles. The van der Waals surface area contributed by atoms with E-state index in [1.807, 2.05) is 12.1 Å². The van der Waals surface area contributed by atoms with Crippen LogP contribution < -0.4 is 15.4 Å². The number of hydrogen-bond acceptors (Lipinski definition) is 5. The van der Waals surface area contributed by atoms with Crippen molar-refractivity contribution in [1.82, 2.24) is 15.5 Å². The van der Waals surface area contributed by atoms with Crippen molar-refractivity contribution in [2.75, 3.05) is 26.7 Å². The van der Waals surface area contributed by atoms with Gasteiger partial charge in [-0.3, -0.25) is 9.59 Å². The minimum absolute atomic E-state index is 0.0928. The number of aliphatic hydroxyl groups is 1. The second kappa shape index (κ2) is 13.2. The van der Waals surface area contributed by atoms with Crippen molar-refractivity contribution >= 4 is 11.8 Å². The quantitative estimate of drug-likeness (QED) is 0.585. The SMILES string of the molecule is CCc1cccc(CNCC(O)C2Cc3ccc(F)c(c3)OCCCCC(=O)N(C)CC(=O)N2)c1. The minimum atomic E-state index is -0.903. The van der Waals surface area contributed by atoms with Crippen LogP contribution in [0.1, 0.15) is 42.9 Å². The number of rotatable bonds is 6. The Morgan fingerprint density at radius 1 is 1.20 bits per heavy atom. The van der Waals surface area contributed by atoms with Crippen LogP contribution in [-0.4, -0.2) is 60.7 Å². The monoisotopic (exact) mass is 485 g/mol. The number of likely N-dealkylation sites (N-methyl/N-ethyl adjacent to an activating group) is 1. The summed E-state index contributed by atoms with van der Waals surface area (Å²) >= 11 is 0. The summed E-state index contributed by atoms with van der Waals surface area (Å²) in [6.07, 6.45) is 1.80. The van der Waals surface area contributed by atoms with Crippen molar-refractivity contribution in [3.63, 3.8) is 0 Å². The number of nitrogens with one attached hydrogen (secondary N) is 2. The molecule has 0 spiro atoms. The highest BCUT2D eigenvalue weighted by atomic mass is 19.1. The molecule has 0 fully saturated rings. The number of benzene rings is 2. The lowest BCUT2D eigenvalue weighted by atomic mass is 10.00. The number of carbonyl (C=O) groups excluding carboxylic acids is 2. The molecule has 3 rings (SSSR count). The zero-order valence-electron chi connectivity index (χ0n) is 20.6. The van der Waals surface area contributed by atoms with Crippen molar-refractivity contribution < 1.29 is 23.8 Å². The van der Waals surface area contributed by atoms with Crippen molar-refractivity contribution in [3.05, 3.63) is 65.0 Å². The predicted octanol–water partition coefficient (Wildman–Crippen LogP) is 2.59. The van der Waals surface area contributed by atoms with Crippen molar-refractivity contribution in [1.29, 1.82) is 0 Å². The van der Waals surface area contributed by atoms with Gasteiger partial charge in [-0.2, -0.15) is 0 Å². The molecule has 2 amide bonds. The number of ether oxygens (including phenoxy) is 1. The van der Waals surface area contributed by atoms with E-state index >= 15 is 0 Å². The number of aliphatic hydroxyl groups excluding tert-OH is 1. The summed E-state index contributed by atoms with van der Waals surface area (Å²) in [5.41, 5.74) is 3.09. The third-order valence-electron chi connectivity index (χ3n) is 6.19. The van der Waals surface area contributed by atoms with E-state index in [0.717, 1.165) is 17.5 Å². The number of nitrogens with zero attached hydrogens (tertiary/aromatic N) is 1. The zero-order valence-corrected chi connectivity index (χ0v) is 20.6. The summed E-state index contributed by atoms with van der Waals surface area (Å²) in [6, 6.07) is 12.2. The van der Waals surface area contributed by atoms with Crippen LogP contribution in [0.2, 0.25) is 0 Å². The molecular formula is C27H36FN3O4. The molecule has 2 unspecified atom stereocenters. The van der Waals surface area contributed by atoms with E-state index in [-0.39, 0.29) is 43.5 Å². The normalized spacial score (nSPS) is 18.7. The Morgan fingerprint density at radius 3 is 2.80 bits per heavy atom. The molecule has 8 heteroatoms. The van der Waals surface area contributed by atoms with Crippen LogP contribution in [0.4, 0.5) is 4.39 Å². The van der Waals surface area contributed by atoms with Crippen LogP contribution in [0.5, 0.6) is 5.75 Å². The summed E-state index contributed by atoms with van der Waals surface area (Å²) in [5, 5.41) is 17.1. The van der Waals surface area contributed by atoms with Crippen LogP contribution in [0, 0.1) is 5.82 Å². The highest BCUT2D eigenvalue weighted by Crippen LogP contribution is 2.21. The average molecular weight is 486 g/mol. The van der Waals surface area contributed by atoms with Crippen LogP contribution in [0.15, 0.2) is 42.5 Å². The maximum absolute atomic E-state index is 14.2. The van der Waals surface area contributed by atoms with Crippen molar-refractivity contribution in [2.45, 2.75) is 57.7 Å². The van der Waals surface area contributed by atoms with Gasteiger partial charge in [0.2, 0.25) is 11.8 Å². The first-order chi connectivity index (χ1) is 16.9. The summed E-state index contributed by atoms with van der Waals surface area (Å²) < 4.78 is 19.8. The van der Waals surface area contributed by atoms with Crippen LogP contribution in [0.25, 0.3) is 0 Å². The van der Waals surface area contributed by atoms with E-state index in [2.05, 4.69) is 29.7 Å². The number of amides is 2. The molecule has 0 saturated heterocycles. The van der Waals surface area contributed by atoms with Gasteiger partial charge in [-0.1, -0.05) is 37.3 Å². The van der Waals surface area contributed by atoms with Gasteiger partial charge in [0.15, 0.2) is 11.6 Å². The molecule has 0 saturated carbocycles. The van der Waals surface area contributed by atoms with Gasteiger partial charge in [-0.05, 0) is 54.5 Å². The smallest absolute Gasteiger partial charge is 0.239 e. The first kappa shape index (κ1) is 26.6. The molecule has 0 aromatic heterocycles. The Hall–Kier alpha value is -2.97. The van der Waals surface area contributed by atoms with Gasteiger partial charge in [-0.15, -0.1) is 0 Å². The molecule has 2 aromatic rings. The molecule has 2 bridgehead atoms. The number of hydrogen-bond donors (Lipinski definition) is 3. The van der Waals surface area contributed by atoms with Gasteiger partial charge in [0, 0.05) is 26.6 Å². The molecule has 0 radical (unpaired) electrons. The van der Waals surface area contributed by atoms with E-state index < -0.39 is 18.0 Å². The average Bonchev–Trinajstić information content (AvgIpc) is 2.84. The lowest BCUT2D eigenvalue weighted by Gasteiger charge is -2.26. The predicted molar refractivity (Wildman–Crippen MR) is 133 cm³/mol. The Balaban J connectivity index is 1.72. The van der Waals surface area contributed by atoms with Gasteiger partial charge in [-0.25, -0.2) is 4.39 Å². The minimum Gasteiger partial charge on any atom is -0.491 e. The van der Waals surface area contributed by atoms with Crippen molar-refractivity contribution in [3.8, 4) is 5.75 Å². The third-order valence-corrected chi connectivity index (χ3v) is 6.19. The number of carbonyl (C=O) groups is 2. The summed E-state index contributed by atoms with van der Waals surface area (Å²) in [4.78, 5) is 26.4. The largest absolute Gasteiger partial charge is 0.491 e. The van der Waals surface area contributed by atoms with Gasteiger partial charge in [0.05, 0.1) is 25.3 Å². The lowest BCUT2D eigenvalue weighted by molar-refractivity contribution is -0.135. The summed E-state index contributed by atoms with van der Waals surface area (Å²) in [6.45, 7) is 3.14. The first-order valence-corrected chi connectivity index (χ1v) is 12.3. The van der Waals surface area contributed by atoms with Gasteiger partial charge >= 0.3 is 0 Å². The Labute approximate surface area is 206 Å². The Kier molecular flexibility index (Phi) is 10.0. The second-order valence-electron chi connectivity index (χ2n) is 9.07. The Bertz CT molecular complexity index is 1000. The molecule has 35 heavy (non-hydrogen) atoms. The van der Waals surface area contributed by atoms with E-state index in [9.17, 15) is 19.1 Å². The maximum Gasteiger partial charge on any atom is 0.239 e. The molecule has 1 heterocycles. The highest BCUT2D eigenvalue weighted by Gasteiger charge is 2.24. The van der Waals surface area contributed by atoms with Crippen LogP contribution >= 0.6 is 0 Å². The number of aryl methyl sites for hydroxylation is 1. The van der Waals surface area contributed by atoms with Gasteiger partial charge in [0.1, 0.15) is 0 Å². The van der Waals surface area contributed by atoms with E-state index in [1.54, 1.807) is 19.2 Å². The zero-order chi connectivity index (χ0) is 25.2. The van der Waals surface area contributed by atoms with E-state index in [0.29, 0.717) is 26.0 Å². The fourth-order valence-corrected chi connectivity index (χ4v) is 4.10. The van der Waals surface area contributed by atoms with Crippen LogP contribution in [-0.2, 0) is 29.0 Å². The topological polar surface area (TPSA) is 90.9 Å². The van der Waals surface area contributed by atoms with Crippen LogP contribution in [0.3, 0.4) is 0 Å². The number of fused-ring (bicyclic) bond motifs is 2. The highest BCUT2D eigenvalue weighted by molar-refractivity contribution is 5.84. The standard InChI is InChI=1S/C27H36FN3O4/c1-3-19-7-6-8-21(13-19)16-29-17-24(32)23-14-20-10-11-22(28)25(15-20)35-12-5-4-9-27(34)31(2)18-26(33)30-23/h6-8,10-11,13,15,23-24,29,32H,3-5,9,12,14,16-18H2,1-2H3,(H,30,33). The van der Waals surface area contributed by atoms with Gasteiger partial charge in [0.25, 0.3) is 0 Å².